The molecule has 3 nitrogen and oxygen atoms in total. The van der Waals surface area contributed by atoms with Crippen LogP contribution in [-0.4, -0.2) is 36.5 Å². The minimum absolute atomic E-state index is 0.00386. The van der Waals surface area contributed by atoms with E-state index in [4.69, 9.17) is 0 Å². The van der Waals surface area contributed by atoms with Crippen molar-refractivity contribution >= 4 is 21.8 Å². The summed E-state index contributed by atoms with van der Waals surface area (Å²) in [5, 5.41) is 3.00. The first kappa shape index (κ1) is 15.5. The zero-order chi connectivity index (χ0) is 14.4. The molecule has 1 fully saturated rings. The van der Waals surface area contributed by atoms with Gasteiger partial charge in [-0.2, -0.15) is 0 Å². The zero-order valence-electron chi connectivity index (χ0n) is 12.1. The second kappa shape index (κ2) is 7.79. The molecule has 4 heteroatoms. The van der Waals surface area contributed by atoms with Gasteiger partial charge in [0.25, 0.3) is 5.91 Å². The minimum Gasteiger partial charge on any atom is -0.352 e. The van der Waals surface area contributed by atoms with Crippen LogP contribution in [0.4, 0.5) is 0 Å². The molecule has 20 heavy (non-hydrogen) atoms. The van der Waals surface area contributed by atoms with Gasteiger partial charge in [0.2, 0.25) is 0 Å². The molecule has 1 aliphatic heterocycles. The Morgan fingerprint density at radius 1 is 1.40 bits per heavy atom. The average Bonchev–Trinajstić information content (AvgIpc) is 2.45. The SMILES string of the molecule is CC1CCCCN1CCCNC(=O)c1ccccc1Br. The predicted molar refractivity (Wildman–Crippen MR) is 86.0 cm³/mol. The third-order valence-electron chi connectivity index (χ3n) is 3.97. The molecule has 1 aliphatic rings. The van der Waals surface area contributed by atoms with Gasteiger partial charge in [-0.25, -0.2) is 0 Å². The van der Waals surface area contributed by atoms with Crippen LogP contribution in [0.15, 0.2) is 28.7 Å². The molecular weight excluding hydrogens is 316 g/mol. The molecule has 0 saturated carbocycles. The number of carbonyl (C=O) groups excluding carboxylic acids is 1. The van der Waals surface area contributed by atoms with Gasteiger partial charge in [-0.1, -0.05) is 18.6 Å². The van der Waals surface area contributed by atoms with Crippen LogP contribution in [0.3, 0.4) is 0 Å². The van der Waals surface area contributed by atoms with Crippen molar-refractivity contribution in [3.05, 3.63) is 34.3 Å². The Labute approximate surface area is 129 Å². The summed E-state index contributed by atoms with van der Waals surface area (Å²) in [7, 11) is 0. The minimum atomic E-state index is 0.00386. The maximum Gasteiger partial charge on any atom is 0.252 e. The summed E-state index contributed by atoms with van der Waals surface area (Å²) < 4.78 is 0.849. The lowest BCUT2D eigenvalue weighted by molar-refractivity contribution is 0.0948. The van der Waals surface area contributed by atoms with Crippen LogP contribution in [0.1, 0.15) is 43.0 Å². The van der Waals surface area contributed by atoms with Crippen molar-refractivity contribution < 1.29 is 4.79 Å². The van der Waals surface area contributed by atoms with Crippen LogP contribution in [0.2, 0.25) is 0 Å². The molecule has 1 aromatic rings. The molecule has 0 bridgehead atoms. The number of nitrogens with zero attached hydrogens (tertiary/aromatic N) is 1. The van der Waals surface area contributed by atoms with E-state index in [1.165, 1.54) is 25.8 Å². The normalized spacial score (nSPS) is 19.8. The Kier molecular flexibility index (Phi) is 6.05. The number of nitrogens with one attached hydrogen (secondary N) is 1. The fourth-order valence-electron chi connectivity index (χ4n) is 2.71. The first-order valence-electron chi connectivity index (χ1n) is 7.45. The van der Waals surface area contributed by atoms with Crippen LogP contribution in [0, 0.1) is 0 Å². The van der Waals surface area contributed by atoms with E-state index in [2.05, 4.69) is 33.1 Å². The number of carbonyl (C=O) groups is 1. The van der Waals surface area contributed by atoms with Crippen molar-refractivity contribution in [3.63, 3.8) is 0 Å². The standard InChI is InChI=1S/C16H23BrN2O/c1-13-7-4-5-11-19(13)12-6-10-18-16(20)14-8-2-3-9-15(14)17/h2-3,8-9,13H,4-7,10-12H2,1H3,(H,18,20). The van der Waals surface area contributed by atoms with E-state index >= 15 is 0 Å². The van der Waals surface area contributed by atoms with Crippen molar-refractivity contribution in [1.29, 1.82) is 0 Å². The summed E-state index contributed by atoms with van der Waals surface area (Å²) in [4.78, 5) is 14.6. The van der Waals surface area contributed by atoms with Gasteiger partial charge in [0.15, 0.2) is 0 Å². The summed E-state index contributed by atoms with van der Waals surface area (Å²) in [6.45, 7) is 5.33. The molecule has 2 rings (SSSR count). The van der Waals surface area contributed by atoms with Crippen molar-refractivity contribution in [2.75, 3.05) is 19.6 Å². The number of hydrogen-bond donors (Lipinski definition) is 1. The first-order chi connectivity index (χ1) is 9.68. The third-order valence-corrected chi connectivity index (χ3v) is 4.66. The molecule has 1 aromatic carbocycles. The molecule has 1 amide bonds. The molecule has 110 valence electrons. The molecule has 1 unspecified atom stereocenters. The molecule has 0 aliphatic carbocycles. The van der Waals surface area contributed by atoms with Crippen molar-refractivity contribution in [2.45, 2.75) is 38.6 Å². The van der Waals surface area contributed by atoms with Gasteiger partial charge in [0.05, 0.1) is 5.56 Å². The lowest BCUT2D eigenvalue weighted by atomic mass is 10.0. The van der Waals surface area contributed by atoms with E-state index in [1.54, 1.807) is 0 Å². The predicted octanol–water partition coefficient (Wildman–Crippen LogP) is 3.44. The Balaban J connectivity index is 1.71. The largest absolute Gasteiger partial charge is 0.352 e. The molecule has 1 atom stereocenters. The molecule has 0 aromatic heterocycles. The summed E-state index contributed by atoms with van der Waals surface area (Å²) in [6.07, 6.45) is 4.99. The summed E-state index contributed by atoms with van der Waals surface area (Å²) in [6, 6.07) is 8.23. The number of rotatable bonds is 5. The lowest BCUT2D eigenvalue weighted by Crippen LogP contribution is -2.39. The maximum atomic E-state index is 12.0. The Morgan fingerprint density at radius 2 is 2.20 bits per heavy atom. The number of likely N-dealkylation sites (tertiary alicyclic amines) is 1. The number of amides is 1. The zero-order valence-corrected chi connectivity index (χ0v) is 13.7. The highest BCUT2D eigenvalue weighted by molar-refractivity contribution is 9.10. The quantitative estimate of drug-likeness (QED) is 0.834. The fraction of sp³-hybridized carbons (Fsp3) is 0.562. The second-order valence-corrected chi connectivity index (χ2v) is 6.32. The van der Waals surface area contributed by atoms with Crippen molar-refractivity contribution in [2.24, 2.45) is 0 Å². The molecule has 1 saturated heterocycles. The summed E-state index contributed by atoms with van der Waals surface area (Å²) in [5.41, 5.74) is 0.707. The van der Waals surface area contributed by atoms with Crippen LogP contribution in [-0.2, 0) is 0 Å². The smallest absolute Gasteiger partial charge is 0.252 e. The van der Waals surface area contributed by atoms with Gasteiger partial charge in [0.1, 0.15) is 0 Å². The Bertz CT molecular complexity index is 450. The van der Waals surface area contributed by atoms with Gasteiger partial charge < -0.3 is 10.2 Å². The van der Waals surface area contributed by atoms with Gasteiger partial charge in [-0.05, 0) is 60.8 Å². The van der Waals surface area contributed by atoms with E-state index < -0.39 is 0 Å². The molecule has 0 spiro atoms. The number of hydrogen-bond acceptors (Lipinski definition) is 2. The van der Waals surface area contributed by atoms with Crippen LogP contribution in [0.25, 0.3) is 0 Å². The van der Waals surface area contributed by atoms with Crippen molar-refractivity contribution in [3.8, 4) is 0 Å². The number of benzene rings is 1. The van der Waals surface area contributed by atoms with E-state index in [0.717, 1.165) is 24.0 Å². The molecule has 1 heterocycles. The van der Waals surface area contributed by atoms with Crippen molar-refractivity contribution in [1.82, 2.24) is 10.2 Å². The monoisotopic (exact) mass is 338 g/mol. The third kappa shape index (κ3) is 4.32. The van der Waals surface area contributed by atoms with E-state index in [1.807, 2.05) is 24.3 Å². The highest BCUT2D eigenvalue weighted by Gasteiger charge is 2.17. The maximum absolute atomic E-state index is 12.0. The van der Waals surface area contributed by atoms with Gasteiger partial charge in [-0.3, -0.25) is 4.79 Å². The average molecular weight is 339 g/mol. The van der Waals surface area contributed by atoms with Crippen LogP contribution in [0.5, 0.6) is 0 Å². The van der Waals surface area contributed by atoms with E-state index in [9.17, 15) is 4.79 Å². The molecule has 0 radical (unpaired) electrons. The lowest BCUT2D eigenvalue weighted by Gasteiger charge is -2.33. The Morgan fingerprint density at radius 3 is 2.95 bits per heavy atom. The van der Waals surface area contributed by atoms with E-state index in [0.29, 0.717) is 11.6 Å². The number of piperidine rings is 1. The highest BCUT2D eigenvalue weighted by atomic mass is 79.9. The fourth-order valence-corrected chi connectivity index (χ4v) is 3.18. The van der Waals surface area contributed by atoms with E-state index in [-0.39, 0.29) is 5.91 Å². The first-order valence-corrected chi connectivity index (χ1v) is 8.24. The van der Waals surface area contributed by atoms with Crippen LogP contribution < -0.4 is 5.32 Å². The molecule has 1 N–H and O–H groups in total. The summed E-state index contributed by atoms with van der Waals surface area (Å²) in [5.74, 6) is 0.00386. The Hall–Kier alpha value is -0.870. The highest BCUT2D eigenvalue weighted by Crippen LogP contribution is 2.17. The molecular formula is C16H23BrN2O. The second-order valence-electron chi connectivity index (χ2n) is 5.47. The van der Waals surface area contributed by atoms with Gasteiger partial charge >= 0.3 is 0 Å². The van der Waals surface area contributed by atoms with Crippen LogP contribution >= 0.6 is 15.9 Å². The van der Waals surface area contributed by atoms with Gasteiger partial charge in [-0.15, -0.1) is 0 Å². The number of halogens is 1. The summed E-state index contributed by atoms with van der Waals surface area (Å²) >= 11 is 3.41. The topological polar surface area (TPSA) is 32.3 Å². The van der Waals surface area contributed by atoms with Gasteiger partial charge in [0, 0.05) is 23.6 Å².